The molecule has 2 aliphatic rings. The molecule has 3 rings (SSSR count). The summed E-state index contributed by atoms with van der Waals surface area (Å²) >= 11 is 0. The molecule has 0 aromatic carbocycles. The lowest BCUT2D eigenvalue weighted by atomic mass is 9.46. The summed E-state index contributed by atoms with van der Waals surface area (Å²) in [6, 6.07) is 5.41. The van der Waals surface area contributed by atoms with E-state index in [9.17, 15) is 4.79 Å². The van der Waals surface area contributed by atoms with Gasteiger partial charge in [-0.05, 0) is 25.0 Å². The van der Waals surface area contributed by atoms with Crippen LogP contribution < -0.4 is 11.1 Å². The molecule has 3 unspecified atom stereocenters. The second-order valence-electron chi connectivity index (χ2n) is 6.30. The van der Waals surface area contributed by atoms with Gasteiger partial charge in [0.2, 0.25) is 5.91 Å². The van der Waals surface area contributed by atoms with Gasteiger partial charge in [-0.2, -0.15) is 0 Å². The highest BCUT2D eigenvalue weighted by atomic mass is 16.5. The number of ether oxygens (including phenoxy) is 1. The third-order valence-corrected chi connectivity index (χ3v) is 4.97. The number of carbonyl (C=O) groups excluding carboxylic acids is 1. The average molecular weight is 275 g/mol. The van der Waals surface area contributed by atoms with Crippen molar-refractivity contribution in [1.82, 2.24) is 4.98 Å². The average Bonchev–Trinajstić information content (AvgIpc) is 2.47. The molecule has 1 amide bonds. The first-order valence-electron chi connectivity index (χ1n) is 7.11. The van der Waals surface area contributed by atoms with Crippen molar-refractivity contribution in [1.29, 1.82) is 0 Å². The third-order valence-electron chi connectivity index (χ3n) is 4.97. The van der Waals surface area contributed by atoms with Crippen molar-refractivity contribution in [2.45, 2.75) is 38.3 Å². The minimum absolute atomic E-state index is 0.0794. The number of amides is 1. The number of carbonyl (C=O) groups is 1. The van der Waals surface area contributed by atoms with Gasteiger partial charge in [0.25, 0.3) is 0 Å². The van der Waals surface area contributed by atoms with Crippen LogP contribution in [-0.2, 0) is 9.53 Å². The number of nitrogens with one attached hydrogen (secondary N) is 1. The minimum atomic E-state index is -0.893. The lowest BCUT2D eigenvalue weighted by Crippen LogP contribution is -2.81. The van der Waals surface area contributed by atoms with E-state index in [4.69, 9.17) is 10.5 Å². The van der Waals surface area contributed by atoms with E-state index in [2.05, 4.69) is 10.3 Å². The zero-order chi connectivity index (χ0) is 14.4. The van der Waals surface area contributed by atoms with Crippen LogP contribution in [0.3, 0.4) is 0 Å². The smallest absolute Gasteiger partial charge is 0.246 e. The second kappa shape index (κ2) is 4.53. The van der Waals surface area contributed by atoms with Crippen molar-refractivity contribution >= 4 is 11.7 Å². The van der Waals surface area contributed by atoms with Crippen LogP contribution in [0.1, 0.15) is 26.7 Å². The summed E-state index contributed by atoms with van der Waals surface area (Å²) in [5, 5.41) is 2.84. The van der Waals surface area contributed by atoms with Gasteiger partial charge < -0.3 is 15.8 Å². The first-order chi connectivity index (χ1) is 9.48. The summed E-state index contributed by atoms with van der Waals surface area (Å²) < 4.78 is 5.81. The molecular weight excluding hydrogens is 254 g/mol. The number of anilines is 1. The van der Waals surface area contributed by atoms with Gasteiger partial charge >= 0.3 is 0 Å². The van der Waals surface area contributed by atoms with Crippen LogP contribution in [0.25, 0.3) is 0 Å². The Morgan fingerprint density at radius 1 is 1.50 bits per heavy atom. The molecule has 5 heteroatoms. The Kier molecular flexibility index (Phi) is 3.06. The summed E-state index contributed by atoms with van der Waals surface area (Å²) in [6.07, 6.45) is 3.64. The van der Waals surface area contributed by atoms with Crippen LogP contribution in [0.4, 0.5) is 5.82 Å². The van der Waals surface area contributed by atoms with Crippen LogP contribution in [0.15, 0.2) is 24.4 Å². The SMILES string of the molecule is CC1(C)C2OCCCC2C1(N)C(=O)Nc1ccccn1. The highest BCUT2D eigenvalue weighted by Gasteiger charge is 2.70. The fourth-order valence-electron chi connectivity index (χ4n) is 3.69. The Balaban J connectivity index is 1.82. The van der Waals surface area contributed by atoms with E-state index in [1.54, 1.807) is 12.3 Å². The summed E-state index contributed by atoms with van der Waals surface area (Å²) in [4.78, 5) is 16.8. The number of fused-ring (bicyclic) bond motifs is 1. The molecule has 108 valence electrons. The minimum Gasteiger partial charge on any atom is -0.377 e. The number of pyridine rings is 1. The zero-order valence-electron chi connectivity index (χ0n) is 11.9. The molecular formula is C15H21N3O2. The van der Waals surface area contributed by atoms with E-state index in [0.717, 1.165) is 19.4 Å². The fraction of sp³-hybridized carbons (Fsp3) is 0.600. The molecule has 3 N–H and O–H groups in total. The topological polar surface area (TPSA) is 77.2 Å². The van der Waals surface area contributed by atoms with Gasteiger partial charge in [0.1, 0.15) is 11.4 Å². The molecule has 1 aromatic heterocycles. The van der Waals surface area contributed by atoms with E-state index < -0.39 is 5.54 Å². The van der Waals surface area contributed by atoms with E-state index in [-0.39, 0.29) is 23.3 Å². The van der Waals surface area contributed by atoms with Gasteiger partial charge in [0, 0.05) is 24.1 Å². The van der Waals surface area contributed by atoms with Crippen LogP contribution in [-0.4, -0.2) is 29.1 Å². The van der Waals surface area contributed by atoms with Gasteiger partial charge in [-0.3, -0.25) is 4.79 Å². The molecule has 1 saturated carbocycles. The van der Waals surface area contributed by atoms with Crippen molar-refractivity contribution in [3.05, 3.63) is 24.4 Å². The Bertz CT molecular complexity index is 517. The standard InChI is InChI=1S/C15H21N3O2/c1-14(2)12-10(6-5-9-20-12)15(14,16)13(19)18-11-7-3-4-8-17-11/h3-4,7-8,10,12H,5-6,9,16H2,1-2H3,(H,17,18,19). The van der Waals surface area contributed by atoms with Crippen molar-refractivity contribution in [3.63, 3.8) is 0 Å². The molecule has 20 heavy (non-hydrogen) atoms. The summed E-state index contributed by atoms with van der Waals surface area (Å²) in [6.45, 7) is 4.79. The molecule has 1 aromatic rings. The fourth-order valence-corrected chi connectivity index (χ4v) is 3.69. The van der Waals surface area contributed by atoms with E-state index in [0.29, 0.717) is 5.82 Å². The first kappa shape index (κ1) is 13.5. The van der Waals surface area contributed by atoms with Crippen LogP contribution >= 0.6 is 0 Å². The predicted molar refractivity (Wildman–Crippen MR) is 76.0 cm³/mol. The second-order valence-corrected chi connectivity index (χ2v) is 6.30. The number of nitrogens with two attached hydrogens (primary N) is 1. The normalized spacial score (nSPS) is 34.8. The van der Waals surface area contributed by atoms with Crippen LogP contribution in [0, 0.1) is 11.3 Å². The van der Waals surface area contributed by atoms with E-state index >= 15 is 0 Å². The maximum absolute atomic E-state index is 12.7. The summed E-state index contributed by atoms with van der Waals surface area (Å²) in [5.74, 6) is 0.473. The molecule has 1 saturated heterocycles. The van der Waals surface area contributed by atoms with Crippen LogP contribution in [0.5, 0.6) is 0 Å². The van der Waals surface area contributed by atoms with Crippen molar-refractivity contribution in [2.24, 2.45) is 17.1 Å². The Labute approximate surface area is 118 Å². The lowest BCUT2D eigenvalue weighted by molar-refractivity contribution is -0.222. The van der Waals surface area contributed by atoms with Gasteiger partial charge in [-0.25, -0.2) is 4.98 Å². The molecule has 2 heterocycles. The first-order valence-corrected chi connectivity index (χ1v) is 7.11. The van der Waals surface area contributed by atoms with Crippen molar-refractivity contribution in [3.8, 4) is 0 Å². The largest absolute Gasteiger partial charge is 0.377 e. The highest BCUT2D eigenvalue weighted by Crippen LogP contribution is 2.57. The summed E-state index contributed by atoms with van der Waals surface area (Å²) in [7, 11) is 0. The van der Waals surface area contributed by atoms with Gasteiger partial charge in [0.05, 0.1) is 6.10 Å². The Morgan fingerprint density at radius 3 is 3.00 bits per heavy atom. The molecule has 2 fully saturated rings. The third kappa shape index (κ3) is 1.70. The Hall–Kier alpha value is -1.46. The van der Waals surface area contributed by atoms with Crippen molar-refractivity contribution in [2.75, 3.05) is 11.9 Å². The number of hydrogen-bond acceptors (Lipinski definition) is 4. The molecule has 0 radical (unpaired) electrons. The number of rotatable bonds is 2. The molecule has 3 atom stereocenters. The summed E-state index contributed by atoms with van der Waals surface area (Å²) in [5.41, 5.74) is 5.25. The molecule has 0 bridgehead atoms. The van der Waals surface area contributed by atoms with Gasteiger partial charge in [0.15, 0.2) is 0 Å². The number of hydrogen-bond donors (Lipinski definition) is 2. The van der Waals surface area contributed by atoms with Gasteiger partial charge in [-0.1, -0.05) is 19.9 Å². The lowest BCUT2D eigenvalue weighted by Gasteiger charge is -2.65. The number of aromatic nitrogens is 1. The number of nitrogens with zero attached hydrogens (tertiary/aromatic N) is 1. The highest BCUT2D eigenvalue weighted by molar-refractivity contribution is 5.99. The molecule has 1 aliphatic carbocycles. The molecule has 0 spiro atoms. The maximum atomic E-state index is 12.7. The van der Waals surface area contributed by atoms with Gasteiger partial charge in [-0.15, -0.1) is 0 Å². The zero-order valence-corrected chi connectivity index (χ0v) is 11.9. The molecule has 5 nitrogen and oxygen atoms in total. The van der Waals surface area contributed by atoms with E-state index in [1.165, 1.54) is 0 Å². The predicted octanol–water partition coefficient (Wildman–Crippen LogP) is 1.55. The quantitative estimate of drug-likeness (QED) is 0.858. The van der Waals surface area contributed by atoms with Crippen LogP contribution in [0.2, 0.25) is 0 Å². The van der Waals surface area contributed by atoms with E-state index in [1.807, 2.05) is 26.0 Å². The Morgan fingerprint density at radius 2 is 2.30 bits per heavy atom. The monoisotopic (exact) mass is 275 g/mol. The maximum Gasteiger partial charge on any atom is 0.246 e. The molecule has 1 aliphatic heterocycles. The van der Waals surface area contributed by atoms with Crippen molar-refractivity contribution < 1.29 is 9.53 Å².